The molecule has 140 valence electrons. The lowest BCUT2D eigenvalue weighted by Gasteiger charge is -2.31. The largest absolute Gasteiger partial charge is 0.351 e. The van der Waals surface area contributed by atoms with Crippen molar-refractivity contribution in [1.29, 1.82) is 0 Å². The van der Waals surface area contributed by atoms with Crippen LogP contribution in [0.1, 0.15) is 54.4 Å². The van der Waals surface area contributed by atoms with Crippen LogP contribution < -0.4 is 5.32 Å². The summed E-state index contributed by atoms with van der Waals surface area (Å²) in [5.41, 5.74) is 3.13. The SMILES string of the molecule is Cc1nc2c(C)cccn2c1C(=O)NCCCC(=O)N1CCCC(C)C1. The van der Waals surface area contributed by atoms with Crippen LogP contribution in [0.4, 0.5) is 0 Å². The van der Waals surface area contributed by atoms with Gasteiger partial charge in [-0.3, -0.25) is 14.0 Å². The monoisotopic (exact) mass is 356 g/mol. The minimum Gasteiger partial charge on any atom is -0.351 e. The molecule has 1 atom stereocenters. The van der Waals surface area contributed by atoms with Crippen molar-refractivity contribution >= 4 is 17.5 Å². The van der Waals surface area contributed by atoms with Crippen LogP contribution in [0.2, 0.25) is 0 Å². The highest BCUT2D eigenvalue weighted by atomic mass is 16.2. The number of carbonyl (C=O) groups excluding carboxylic acids is 2. The van der Waals surface area contributed by atoms with E-state index in [2.05, 4.69) is 17.2 Å². The Hall–Kier alpha value is -2.37. The number of rotatable bonds is 5. The van der Waals surface area contributed by atoms with Crippen LogP contribution >= 0.6 is 0 Å². The fraction of sp³-hybridized carbons (Fsp3) is 0.550. The Morgan fingerprint density at radius 1 is 1.35 bits per heavy atom. The second-order valence-corrected chi connectivity index (χ2v) is 7.38. The van der Waals surface area contributed by atoms with E-state index in [1.807, 2.05) is 41.5 Å². The van der Waals surface area contributed by atoms with Crippen LogP contribution in [0.3, 0.4) is 0 Å². The highest BCUT2D eigenvalue weighted by molar-refractivity contribution is 5.94. The van der Waals surface area contributed by atoms with Gasteiger partial charge in [0.25, 0.3) is 5.91 Å². The topological polar surface area (TPSA) is 66.7 Å². The zero-order valence-corrected chi connectivity index (χ0v) is 15.9. The van der Waals surface area contributed by atoms with Gasteiger partial charge in [-0.15, -0.1) is 0 Å². The van der Waals surface area contributed by atoms with Crippen molar-refractivity contribution < 1.29 is 9.59 Å². The number of piperidine rings is 1. The molecule has 2 aromatic heterocycles. The van der Waals surface area contributed by atoms with Crippen molar-refractivity contribution in [2.75, 3.05) is 19.6 Å². The minimum atomic E-state index is -0.139. The molecule has 3 heterocycles. The van der Waals surface area contributed by atoms with Gasteiger partial charge in [0, 0.05) is 32.3 Å². The van der Waals surface area contributed by atoms with E-state index in [-0.39, 0.29) is 11.8 Å². The molecule has 26 heavy (non-hydrogen) atoms. The Morgan fingerprint density at radius 2 is 2.15 bits per heavy atom. The Kier molecular flexibility index (Phi) is 5.59. The van der Waals surface area contributed by atoms with Crippen molar-refractivity contribution in [2.45, 2.75) is 46.5 Å². The highest BCUT2D eigenvalue weighted by Crippen LogP contribution is 2.17. The minimum absolute atomic E-state index is 0.139. The smallest absolute Gasteiger partial charge is 0.270 e. The summed E-state index contributed by atoms with van der Waals surface area (Å²) in [5.74, 6) is 0.654. The third-order valence-electron chi connectivity index (χ3n) is 5.10. The number of imidazole rings is 1. The first-order chi connectivity index (χ1) is 12.5. The average molecular weight is 356 g/mol. The van der Waals surface area contributed by atoms with Crippen LogP contribution in [0.15, 0.2) is 18.3 Å². The van der Waals surface area contributed by atoms with Gasteiger partial charge in [-0.05, 0) is 50.7 Å². The first kappa shape index (κ1) is 18.4. The maximum Gasteiger partial charge on any atom is 0.270 e. The molecular formula is C20H28N4O2. The van der Waals surface area contributed by atoms with E-state index in [0.29, 0.717) is 31.0 Å². The Morgan fingerprint density at radius 3 is 2.92 bits per heavy atom. The van der Waals surface area contributed by atoms with Crippen LogP contribution in [0.25, 0.3) is 5.65 Å². The molecule has 0 spiro atoms. The summed E-state index contributed by atoms with van der Waals surface area (Å²) < 4.78 is 1.83. The number of amides is 2. The number of aryl methyl sites for hydroxylation is 2. The van der Waals surface area contributed by atoms with Crippen LogP contribution in [-0.2, 0) is 4.79 Å². The number of aromatic nitrogens is 2. The second kappa shape index (κ2) is 7.89. The maximum absolute atomic E-state index is 12.6. The number of pyridine rings is 1. The van der Waals surface area contributed by atoms with Crippen molar-refractivity contribution in [3.63, 3.8) is 0 Å². The molecule has 1 fully saturated rings. The number of hydrogen-bond acceptors (Lipinski definition) is 3. The van der Waals surface area contributed by atoms with Gasteiger partial charge in [-0.2, -0.15) is 0 Å². The zero-order valence-electron chi connectivity index (χ0n) is 15.9. The molecule has 0 bridgehead atoms. The predicted octanol–water partition coefficient (Wildman–Crippen LogP) is 2.72. The van der Waals surface area contributed by atoms with E-state index in [1.54, 1.807) is 0 Å². The molecule has 2 aromatic rings. The van der Waals surface area contributed by atoms with Gasteiger partial charge >= 0.3 is 0 Å². The number of likely N-dealkylation sites (tertiary alicyclic amines) is 1. The summed E-state index contributed by atoms with van der Waals surface area (Å²) in [4.78, 5) is 31.3. The summed E-state index contributed by atoms with van der Waals surface area (Å²) >= 11 is 0. The van der Waals surface area contributed by atoms with E-state index in [0.717, 1.165) is 36.4 Å². The van der Waals surface area contributed by atoms with Crippen LogP contribution in [-0.4, -0.2) is 45.7 Å². The molecule has 6 nitrogen and oxygen atoms in total. The summed E-state index contributed by atoms with van der Waals surface area (Å²) in [7, 11) is 0. The quantitative estimate of drug-likeness (QED) is 0.838. The molecule has 1 aliphatic heterocycles. The van der Waals surface area contributed by atoms with Crippen LogP contribution in [0.5, 0.6) is 0 Å². The second-order valence-electron chi connectivity index (χ2n) is 7.38. The lowest BCUT2D eigenvalue weighted by atomic mass is 10.00. The fourth-order valence-electron chi connectivity index (χ4n) is 3.69. The standard InChI is InChI=1S/C20H28N4O2/c1-14-7-5-11-23(13-14)17(25)9-4-10-21-20(26)18-16(3)22-19-15(2)8-6-12-24(18)19/h6,8,12,14H,4-5,7,9-11,13H2,1-3H3,(H,21,26). The number of nitrogens with one attached hydrogen (secondary N) is 1. The van der Waals surface area contributed by atoms with Gasteiger partial charge in [0.15, 0.2) is 0 Å². The molecule has 0 aliphatic carbocycles. The van der Waals surface area contributed by atoms with Gasteiger partial charge in [-0.25, -0.2) is 4.98 Å². The molecule has 1 saturated heterocycles. The lowest BCUT2D eigenvalue weighted by molar-refractivity contribution is -0.132. The molecule has 0 radical (unpaired) electrons. The van der Waals surface area contributed by atoms with Gasteiger partial charge in [-0.1, -0.05) is 13.0 Å². The molecule has 1 aliphatic rings. The Bertz CT molecular complexity index is 811. The average Bonchev–Trinajstić information content (AvgIpc) is 2.96. The van der Waals surface area contributed by atoms with E-state index >= 15 is 0 Å². The zero-order chi connectivity index (χ0) is 18.7. The predicted molar refractivity (Wildman–Crippen MR) is 101 cm³/mol. The molecule has 6 heteroatoms. The highest BCUT2D eigenvalue weighted by Gasteiger charge is 2.21. The third kappa shape index (κ3) is 3.89. The number of fused-ring (bicyclic) bond motifs is 1. The fourth-order valence-corrected chi connectivity index (χ4v) is 3.69. The Balaban J connectivity index is 1.53. The molecule has 1 unspecified atom stereocenters. The van der Waals surface area contributed by atoms with E-state index in [4.69, 9.17) is 0 Å². The molecule has 2 amide bonds. The molecule has 1 N–H and O–H groups in total. The third-order valence-corrected chi connectivity index (χ3v) is 5.10. The first-order valence-corrected chi connectivity index (χ1v) is 9.47. The molecular weight excluding hydrogens is 328 g/mol. The molecule has 0 saturated carbocycles. The normalized spacial score (nSPS) is 17.5. The summed E-state index contributed by atoms with van der Waals surface area (Å²) in [5, 5.41) is 2.93. The number of nitrogens with zero attached hydrogens (tertiary/aromatic N) is 3. The van der Waals surface area contributed by atoms with Crippen LogP contribution in [0, 0.1) is 19.8 Å². The van der Waals surface area contributed by atoms with Gasteiger partial charge in [0.1, 0.15) is 11.3 Å². The summed E-state index contributed by atoms with van der Waals surface area (Å²) in [6.45, 7) is 8.26. The van der Waals surface area contributed by atoms with Crippen molar-refractivity contribution in [3.05, 3.63) is 35.3 Å². The van der Waals surface area contributed by atoms with Gasteiger partial charge in [0.05, 0.1) is 5.69 Å². The molecule has 0 aromatic carbocycles. The van der Waals surface area contributed by atoms with Crippen molar-refractivity contribution in [3.8, 4) is 0 Å². The summed E-state index contributed by atoms with van der Waals surface area (Å²) in [6.07, 6.45) is 5.30. The Labute approximate surface area is 154 Å². The maximum atomic E-state index is 12.6. The number of carbonyl (C=O) groups is 2. The molecule has 3 rings (SSSR count). The van der Waals surface area contributed by atoms with Gasteiger partial charge in [0.2, 0.25) is 5.91 Å². The lowest BCUT2D eigenvalue weighted by Crippen LogP contribution is -2.39. The van der Waals surface area contributed by atoms with Gasteiger partial charge < -0.3 is 10.2 Å². The van der Waals surface area contributed by atoms with E-state index < -0.39 is 0 Å². The number of hydrogen-bond donors (Lipinski definition) is 1. The summed E-state index contributed by atoms with van der Waals surface area (Å²) in [6, 6.07) is 3.90. The van der Waals surface area contributed by atoms with E-state index in [9.17, 15) is 9.59 Å². The van der Waals surface area contributed by atoms with E-state index in [1.165, 1.54) is 6.42 Å². The first-order valence-electron chi connectivity index (χ1n) is 9.47. The van der Waals surface area contributed by atoms with Crippen molar-refractivity contribution in [1.82, 2.24) is 19.6 Å². The van der Waals surface area contributed by atoms with Crippen molar-refractivity contribution in [2.24, 2.45) is 5.92 Å².